The van der Waals surface area contributed by atoms with Gasteiger partial charge >= 0.3 is 0 Å². The van der Waals surface area contributed by atoms with Crippen LogP contribution in [0.4, 0.5) is 5.82 Å². The second-order valence-corrected chi connectivity index (χ2v) is 8.85. The molecule has 0 N–H and O–H groups in total. The Hall–Kier alpha value is -4.00. The third-order valence-electron chi connectivity index (χ3n) is 6.22. The molecule has 3 aromatic rings. The van der Waals surface area contributed by atoms with Crippen LogP contribution in [0.1, 0.15) is 21.5 Å². The van der Waals surface area contributed by atoms with Crippen LogP contribution in [-0.2, 0) is 4.79 Å². The van der Waals surface area contributed by atoms with Crippen molar-refractivity contribution in [3.63, 3.8) is 0 Å². The zero-order chi connectivity index (χ0) is 24.8. The maximum atomic E-state index is 13.0. The molecule has 0 spiro atoms. The smallest absolute Gasteiger partial charge is 0.254 e. The van der Waals surface area contributed by atoms with Gasteiger partial charge in [0.1, 0.15) is 6.54 Å². The number of nitrogens with zero attached hydrogens (tertiary/aromatic N) is 5. The number of hydrogen-bond donors (Lipinski definition) is 0. The molecule has 0 radical (unpaired) electrons. The van der Waals surface area contributed by atoms with E-state index in [1.165, 1.54) is 5.56 Å². The minimum atomic E-state index is -0.166. The van der Waals surface area contributed by atoms with E-state index in [0.29, 0.717) is 38.3 Å². The number of amides is 2. The summed E-state index contributed by atoms with van der Waals surface area (Å²) in [7, 11) is 0. The Morgan fingerprint density at radius 1 is 0.886 bits per heavy atom. The highest BCUT2D eigenvalue weighted by atomic mass is 16.2. The van der Waals surface area contributed by atoms with E-state index in [9.17, 15) is 9.59 Å². The van der Waals surface area contributed by atoms with E-state index >= 15 is 0 Å². The van der Waals surface area contributed by atoms with Gasteiger partial charge in [0.15, 0.2) is 5.82 Å². The number of rotatable bonds is 7. The average molecular weight is 470 g/mol. The zero-order valence-corrected chi connectivity index (χ0v) is 20.4. The summed E-state index contributed by atoms with van der Waals surface area (Å²) in [5.41, 5.74) is 4.73. The van der Waals surface area contributed by atoms with Gasteiger partial charge in [-0.1, -0.05) is 53.6 Å². The normalized spacial score (nSPS) is 13.4. The summed E-state index contributed by atoms with van der Waals surface area (Å²) in [5.74, 6) is 0.574. The number of aromatic nitrogens is 2. The fraction of sp³-hybridized carbons (Fsp3) is 0.286. The number of aryl methyl sites for hydroxylation is 2. The van der Waals surface area contributed by atoms with Crippen LogP contribution in [0.15, 0.2) is 73.3 Å². The first kappa shape index (κ1) is 24.1. The predicted octanol–water partition coefficient (Wildman–Crippen LogP) is 3.74. The molecule has 1 saturated heterocycles. The first-order chi connectivity index (χ1) is 16.9. The van der Waals surface area contributed by atoms with Crippen LogP contribution in [-0.4, -0.2) is 71.1 Å². The highest BCUT2D eigenvalue weighted by molar-refractivity contribution is 5.96. The molecule has 0 unspecified atom stereocenters. The molecule has 1 aliphatic rings. The van der Waals surface area contributed by atoms with Crippen molar-refractivity contribution in [3.05, 3.63) is 90.0 Å². The van der Waals surface area contributed by atoms with E-state index in [-0.39, 0.29) is 18.4 Å². The molecular weight excluding hydrogens is 438 g/mol. The molecule has 2 amide bonds. The molecule has 180 valence electrons. The molecule has 7 heteroatoms. The average Bonchev–Trinajstić information content (AvgIpc) is 2.89. The third kappa shape index (κ3) is 5.93. The van der Waals surface area contributed by atoms with Gasteiger partial charge < -0.3 is 14.7 Å². The van der Waals surface area contributed by atoms with Gasteiger partial charge in [-0.2, -0.15) is 0 Å². The lowest BCUT2D eigenvalue weighted by atomic mass is 10.1. The monoisotopic (exact) mass is 469 g/mol. The first-order valence-electron chi connectivity index (χ1n) is 11.8. The summed E-state index contributed by atoms with van der Waals surface area (Å²) in [6, 6.07) is 19.6. The van der Waals surface area contributed by atoms with Crippen molar-refractivity contribution in [1.29, 1.82) is 0 Å². The van der Waals surface area contributed by atoms with Gasteiger partial charge in [0.05, 0.1) is 5.69 Å². The maximum Gasteiger partial charge on any atom is 0.254 e. The van der Waals surface area contributed by atoms with Crippen LogP contribution in [0.5, 0.6) is 0 Å². The number of anilines is 1. The van der Waals surface area contributed by atoms with Gasteiger partial charge in [-0.25, -0.2) is 0 Å². The second-order valence-electron chi connectivity index (χ2n) is 8.85. The number of hydrogen-bond acceptors (Lipinski definition) is 5. The molecule has 1 fully saturated rings. The molecule has 0 saturated carbocycles. The number of piperazine rings is 1. The molecule has 1 aromatic heterocycles. The summed E-state index contributed by atoms with van der Waals surface area (Å²) >= 11 is 0. The lowest BCUT2D eigenvalue weighted by Gasteiger charge is -2.36. The number of carbonyl (C=O) groups excluding carboxylic acids is 2. The van der Waals surface area contributed by atoms with E-state index in [2.05, 4.69) is 40.7 Å². The SMILES string of the molecule is C=CCN(CC(=O)N1CCN(c2ccc(-c3ccc(C)cc3)nn2)CC1)C(=O)c1ccc(C)cc1. The summed E-state index contributed by atoms with van der Waals surface area (Å²) in [4.78, 5) is 31.4. The van der Waals surface area contributed by atoms with Crippen molar-refractivity contribution >= 4 is 17.6 Å². The van der Waals surface area contributed by atoms with Gasteiger partial charge in [0.25, 0.3) is 5.91 Å². The quantitative estimate of drug-likeness (QED) is 0.493. The lowest BCUT2D eigenvalue weighted by Crippen LogP contribution is -2.52. The lowest BCUT2D eigenvalue weighted by molar-refractivity contribution is -0.132. The minimum absolute atomic E-state index is 0.0315. The molecule has 35 heavy (non-hydrogen) atoms. The van der Waals surface area contributed by atoms with Crippen molar-refractivity contribution < 1.29 is 9.59 Å². The topological polar surface area (TPSA) is 69.6 Å². The Labute approximate surface area is 206 Å². The Balaban J connectivity index is 1.33. The Morgan fingerprint density at radius 2 is 1.51 bits per heavy atom. The summed E-state index contributed by atoms with van der Waals surface area (Å²) in [6.07, 6.45) is 1.65. The van der Waals surface area contributed by atoms with Gasteiger partial charge in [0, 0.05) is 43.9 Å². The van der Waals surface area contributed by atoms with Gasteiger partial charge in [-0.15, -0.1) is 16.8 Å². The summed E-state index contributed by atoms with van der Waals surface area (Å²) < 4.78 is 0. The van der Waals surface area contributed by atoms with E-state index < -0.39 is 0 Å². The molecule has 0 bridgehead atoms. The van der Waals surface area contributed by atoms with Crippen molar-refractivity contribution in [1.82, 2.24) is 20.0 Å². The van der Waals surface area contributed by atoms with Crippen LogP contribution in [0.3, 0.4) is 0 Å². The largest absolute Gasteiger partial charge is 0.352 e. The molecule has 2 heterocycles. The fourth-order valence-electron chi connectivity index (χ4n) is 4.07. The van der Waals surface area contributed by atoms with Crippen molar-refractivity contribution in [2.24, 2.45) is 0 Å². The predicted molar refractivity (Wildman–Crippen MR) is 138 cm³/mol. The molecule has 4 rings (SSSR count). The van der Waals surface area contributed by atoms with Crippen molar-refractivity contribution in [3.8, 4) is 11.3 Å². The van der Waals surface area contributed by atoms with Crippen molar-refractivity contribution in [2.75, 3.05) is 44.2 Å². The first-order valence-corrected chi connectivity index (χ1v) is 11.8. The van der Waals surface area contributed by atoms with Gasteiger partial charge in [-0.3, -0.25) is 9.59 Å². The number of benzene rings is 2. The van der Waals surface area contributed by atoms with Crippen LogP contribution < -0.4 is 4.90 Å². The van der Waals surface area contributed by atoms with Crippen molar-refractivity contribution in [2.45, 2.75) is 13.8 Å². The van der Waals surface area contributed by atoms with Crippen LogP contribution in [0, 0.1) is 13.8 Å². The second kappa shape index (κ2) is 11.0. The van der Waals surface area contributed by atoms with E-state index in [4.69, 9.17) is 0 Å². The van der Waals surface area contributed by atoms with Gasteiger partial charge in [-0.05, 0) is 38.1 Å². The Morgan fingerprint density at radius 3 is 2.09 bits per heavy atom. The Kier molecular flexibility index (Phi) is 7.55. The maximum absolute atomic E-state index is 13.0. The van der Waals surface area contributed by atoms with E-state index in [0.717, 1.165) is 22.6 Å². The fourth-order valence-corrected chi connectivity index (χ4v) is 4.07. The molecule has 2 aromatic carbocycles. The van der Waals surface area contributed by atoms with E-state index in [1.54, 1.807) is 23.1 Å². The standard InChI is InChI=1S/C28H31N5O2/c1-4-15-33(28(35)24-11-7-22(3)8-12-24)20-27(34)32-18-16-31(17-19-32)26-14-13-25(29-30-26)23-9-5-21(2)6-10-23/h4-14H,1,15-20H2,2-3H3. The van der Waals surface area contributed by atoms with Crippen LogP contribution in [0.2, 0.25) is 0 Å². The molecule has 0 aliphatic carbocycles. The van der Waals surface area contributed by atoms with Crippen LogP contribution >= 0.6 is 0 Å². The van der Waals surface area contributed by atoms with E-state index in [1.807, 2.05) is 48.2 Å². The zero-order valence-electron chi connectivity index (χ0n) is 20.4. The molecule has 1 aliphatic heterocycles. The molecule has 7 nitrogen and oxygen atoms in total. The van der Waals surface area contributed by atoms with Crippen LogP contribution in [0.25, 0.3) is 11.3 Å². The summed E-state index contributed by atoms with van der Waals surface area (Å²) in [5, 5.41) is 8.81. The third-order valence-corrected chi connectivity index (χ3v) is 6.22. The van der Waals surface area contributed by atoms with Gasteiger partial charge in [0.2, 0.25) is 5.91 Å². The highest BCUT2D eigenvalue weighted by Crippen LogP contribution is 2.20. The molecular formula is C28H31N5O2. The summed E-state index contributed by atoms with van der Waals surface area (Å²) in [6.45, 7) is 10.6. The molecule has 0 atom stereocenters. The Bertz CT molecular complexity index is 1170. The number of carbonyl (C=O) groups is 2. The minimum Gasteiger partial charge on any atom is -0.352 e. The highest BCUT2D eigenvalue weighted by Gasteiger charge is 2.25.